The lowest BCUT2D eigenvalue weighted by Crippen LogP contribution is -2.02. The number of rotatable bonds is 8. The van der Waals surface area contributed by atoms with Crippen molar-refractivity contribution in [3.05, 3.63) is 35.5 Å². The van der Waals surface area contributed by atoms with Crippen LogP contribution in [0.4, 0.5) is 0 Å². The monoisotopic (exact) mass is 301 g/mol. The predicted octanol–water partition coefficient (Wildman–Crippen LogP) is 4.50. The van der Waals surface area contributed by atoms with E-state index >= 15 is 0 Å². The number of Topliss-reactive ketones (excluding diaryl/α,β-unsaturated/α-hetero) is 1. The molecule has 4 heteroatoms. The number of unbranched alkanes of at least 4 members (excludes halogenated alkanes) is 4. The molecule has 1 heterocycles. The number of aromatic nitrogens is 1. The molecule has 0 aliphatic rings. The molecule has 1 aromatic carbocycles. The highest BCUT2D eigenvalue weighted by Crippen LogP contribution is 2.22. The van der Waals surface area contributed by atoms with E-state index in [1.807, 2.05) is 0 Å². The fourth-order valence-corrected chi connectivity index (χ4v) is 2.62. The first-order chi connectivity index (χ1) is 10.7. The van der Waals surface area contributed by atoms with Crippen molar-refractivity contribution >= 4 is 22.7 Å². The number of ketones is 1. The molecule has 0 aliphatic carbocycles. The molecular formula is C18H23NO3. The Kier molecular flexibility index (Phi) is 5.75. The number of fused-ring (bicyclic) bond motifs is 1. The highest BCUT2D eigenvalue weighted by Gasteiger charge is 2.14. The molecule has 0 aliphatic heterocycles. The SMILES string of the molecule is CCCCCCCC(=O)c1c[nH]c2ccc(C(=O)OC)cc12. The molecule has 2 aromatic rings. The van der Waals surface area contributed by atoms with Crippen molar-refractivity contribution in [1.82, 2.24) is 4.98 Å². The van der Waals surface area contributed by atoms with Gasteiger partial charge >= 0.3 is 5.97 Å². The normalized spacial score (nSPS) is 10.8. The van der Waals surface area contributed by atoms with Gasteiger partial charge in [-0.15, -0.1) is 0 Å². The third-order valence-corrected chi connectivity index (χ3v) is 3.91. The van der Waals surface area contributed by atoms with E-state index in [9.17, 15) is 9.59 Å². The van der Waals surface area contributed by atoms with Gasteiger partial charge in [-0.2, -0.15) is 0 Å². The molecule has 0 amide bonds. The van der Waals surface area contributed by atoms with E-state index in [2.05, 4.69) is 11.9 Å². The second-order valence-corrected chi connectivity index (χ2v) is 5.54. The quantitative estimate of drug-likeness (QED) is 0.444. The summed E-state index contributed by atoms with van der Waals surface area (Å²) in [7, 11) is 1.35. The number of H-pyrrole nitrogens is 1. The number of carbonyl (C=O) groups is 2. The summed E-state index contributed by atoms with van der Waals surface area (Å²) in [5, 5.41) is 0.793. The Bertz CT molecular complexity index is 657. The zero-order chi connectivity index (χ0) is 15.9. The van der Waals surface area contributed by atoms with Crippen LogP contribution in [0.15, 0.2) is 24.4 Å². The molecule has 0 unspecified atom stereocenters. The predicted molar refractivity (Wildman–Crippen MR) is 87.3 cm³/mol. The number of hydrogen-bond acceptors (Lipinski definition) is 3. The topological polar surface area (TPSA) is 59.2 Å². The van der Waals surface area contributed by atoms with Crippen molar-refractivity contribution in [1.29, 1.82) is 0 Å². The first kappa shape index (κ1) is 16.3. The first-order valence-corrected chi connectivity index (χ1v) is 7.90. The van der Waals surface area contributed by atoms with Crippen LogP contribution in [0.2, 0.25) is 0 Å². The van der Waals surface area contributed by atoms with Crippen molar-refractivity contribution in [3.63, 3.8) is 0 Å². The van der Waals surface area contributed by atoms with E-state index in [-0.39, 0.29) is 11.8 Å². The van der Waals surface area contributed by atoms with Gasteiger partial charge in [0.1, 0.15) is 0 Å². The van der Waals surface area contributed by atoms with E-state index in [1.165, 1.54) is 26.4 Å². The molecule has 22 heavy (non-hydrogen) atoms. The van der Waals surface area contributed by atoms with Gasteiger partial charge < -0.3 is 9.72 Å². The summed E-state index contributed by atoms with van der Waals surface area (Å²) in [6.07, 6.45) is 7.91. The van der Waals surface area contributed by atoms with Gasteiger partial charge in [-0.1, -0.05) is 32.6 Å². The second-order valence-electron chi connectivity index (χ2n) is 5.54. The maximum atomic E-state index is 12.4. The fraction of sp³-hybridized carbons (Fsp3) is 0.444. The lowest BCUT2D eigenvalue weighted by molar-refractivity contribution is 0.0600. The van der Waals surface area contributed by atoms with Gasteiger partial charge in [0.2, 0.25) is 0 Å². The summed E-state index contributed by atoms with van der Waals surface area (Å²) in [4.78, 5) is 27.1. The van der Waals surface area contributed by atoms with E-state index in [0.717, 1.165) is 23.7 Å². The minimum atomic E-state index is -0.388. The molecule has 1 N–H and O–H groups in total. The van der Waals surface area contributed by atoms with Gasteiger partial charge in [0.05, 0.1) is 12.7 Å². The number of methoxy groups -OCH3 is 1. The van der Waals surface area contributed by atoms with Gasteiger partial charge in [0.25, 0.3) is 0 Å². The van der Waals surface area contributed by atoms with Gasteiger partial charge in [0, 0.05) is 29.1 Å². The number of carbonyl (C=O) groups excluding carboxylic acids is 2. The van der Waals surface area contributed by atoms with Crippen LogP contribution in [-0.4, -0.2) is 23.8 Å². The molecule has 118 valence electrons. The molecule has 0 saturated heterocycles. The van der Waals surface area contributed by atoms with Crippen molar-refractivity contribution in [3.8, 4) is 0 Å². The van der Waals surface area contributed by atoms with Crippen molar-refractivity contribution < 1.29 is 14.3 Å². The molecule has 0 atom stereocenters. The van der Waals surface area contributed by atoms with E-state index < -0.39 is 0 Å². The minimum absolute atomic E-state index is 0.129. The largest absolute Gasteiger partial charge is 0.465 e. The number of esters is 1. The Morgan fingerprint density at radius 2 is 1.91 bits per heavy atom. The molecule has 0 spiro atoms. The van der Waals surface area contributed by atoms with Crippen LogP contribution >= 0.6 is 0 Å². The number of aromatic amines is 1. The van der Waals surface area contributed by atoms with E-state index in [1.54, 1.807) is 24.4 Å². The van der Waals surface area contributed by atoms with Crippen molar-refractivity contribution in [2.75, 3.05) is 7.11 Å². The van der Waals surface area contributed by atoms with Crippen LogP contribution in [0.5, 0.6) is 0 Å². The van der Waals surface area contributed by atoms with Gasteiger partial charge in [-0.05, 0) is 24.6 Å². The van der Waals surface area contributed by atoms with Crippen molar-refractivity contribution in [2.24, 2.45) is 0 Å². The summed E-state index contributed by atoms with van der Waals surface area (Å²) >= 11 is 0. The Balaban J connectivity index is 2.10. The number of nitrogens with one attached hydrogen (secondary N) is 1. The second kappa shape index (κ2) is 7.78. The summed E-state index contributed by atoms with van der Waals surface area (Å²) in [6, 6.07) is 5.23. The van der Waals surface area contributed by atoms with Crippen LogP contribution in [-0.2, 0) is 4.74 Å². The van der Waals surface area contributed by atoms with Gasteiger partial charge in [0.15, 0.2) is 5.78 Å². The lowest BCUT2D eigenvalue weighted by atomic mass is 10.0. The molecule has 0 fully saturated rings. The summed E-state index contributed by atoms with van der Waals surface area (Å²) in [5.74, 6) is -0.258. The number of ether oxygens (including phenoxy) is 1. The fourth-order valence-electron chi connectivity index (χ4n) is 2.62. The van der Waals surface area contributed by atoms with E-state index in [4.69, 9.17) is 4.74 Å². The zero-order valence-electron chi connectivity index (χ0n) is 13.3. The highest BCUT2D eigenvalue weighted by molar-refractivity contribution is 6.09. The third kappa shape index (κ3) is 3.75. The van der Waals surface area contributed by atoms with E-state index in [0.29, 0.717) is 17.5 Å². The summed E-state index contributed by atoms with van der Waals surface area (Å²) in [6.45, 7) is 2.18. The lowest BCUT2D eigenvalue weighted by Gasteiger charge is -2.02. The minimum Gasteiger partial charge on any atom is -0.465 e. The Labute approximate surface area is 130 Å². The molecule has 2 rings (SSSR count). The average molecular weight is 301 g/mol. The molecule has 0 bridgehead atoms. The molecule has 4 nitrogen and oxygen atoms in total. The maximum absolute atomic E-state index is 12.4. The zero-order valence-corrected chi connectivity index (χ0v) is 13.3. The maximum Gasteiger partial charge on any atom is 0.337 e. The Morgan fingerprint density at radius 3 is 2.64 bits per heavy atom. The standard InChI is InChI=1S/C18H23NO3/c1-3-4-5-6-7-8-17(20)15-12-19-16-10-9-13(11-14(15)16)18(21)22-2/h9-12,19H,3-8H2,1-2H3. The van der Waals surface area contributed by atoms with Crippen LogP contribution in [0.25, 0.3) is 10.9 Å². The molecule has 0 radical (unpaired) electrons. The Hall–Kier alpha value is -2.10. The summed E-state index contributed by atoms with van der Waals surface area (Å²) < 4.78 is 4.73. The van der Waals surface area contributed by atoms with Gasteiger partial charge in [-0.25, -0.2) is 4.79 Å². The smallest absolute Gasteiger partial charge is 0.337 e. The molecular weight excluding hydrogens is 278 g/mol. The number of hydrogen-bond donors (Lipinski definition) is 1. The molecule has 1 aromatic heterocycles. The van der Waals surface area contributed by atoms with Crippen LogP contribution in [0, 0.1) is 0 Å². The number of benzene rings is 1. The Morgan fingerprint density at radius 1 is 1.14 bits per heavy atom. The first-order valence-electron chi connectivity index (χ1n) is 7.90. The van der Waals surface area contributed by atoms with Crippen LogP contribution < -0.4 is 0 Å². The molecule has 0 saturated carbocycles. The van der Waals surface area contributed by atoms with Crippen LogP contribution in [0.1, 0.15) is 66.2 Å². The van der Waals surface area contributed by atoms with Gasteiger partial charge in [-0.3, -0.25) is 4.79 Å². The third-order valence-electron chi connectivity index (χ3n) is 3.91. The summed E-state index contributed by atoms with van der Waals surface area (Å²) in [5.41, 5.74) is 1.99. The van der Waals surface area contributed by atoms with Crippen molar-refractivity contribution in [2.45, 2.75) is 45.4 Å². The average Bonchev–Trinajstić information content (AvgIpc) is 2.96. The highest BCUT2D eigenvalue weighted by atomic mass is 16.5. The van der Waals surface area contributed by atoms with Crippen LogP contribution in [0.3, 0.4) is 0 Å².